The number of hydrogen-bond acceptors (Lipinski definition) is 3. The topological polar surface area (TPSA) is 38.3 Å². The van der Waals surface area contributed by atoms with Gasteiger partial charge in [0.05, 0.1) is 13.5 Å². The van der Waals surface area contributed by atoms with Gasteiger partial charge in [0.2, 0.25) is 0 Å². The van der Waals surface area contributed by atoms with E-state index in [1.165, 1.54) is 7.11 Å². The normalized spacial score (nSPS) is 11.9. The molecule has 0 fully saturated rings. The molecule has 3 nitrogen and oxygen atoms in total. The molecule has 1 aromatic rings. The largest absolute Gasteiger partial charge is 0.469 e. The number of anilines is 1. The fourth-order valence-corrected chi connectivity index (χ4v) is 1.59. The summed E-state index contributed by atoms with van der Waals surface area (Å²) >= 11 is 5.87. The summed E-state index contributed by atoms with van der Waals surface area (Å²) in [6.07, 6.45) is 1.21. The zero-order valence-corrected chi connectivity index (χ0v) is 10.3. The molecule has 0 aromatic heterocycles. The van der Waals surface area contributed by atoms with E-state index >= 15 is 0 Å². The molecule has 1 aromatic carbocycles. The van der Waals surface area contributed by atoms with Crippen molar-refractivity contribution in [3.8, 4) is 0 Å². The SMILES string of the molecule is CCC(CC(=O)OC)Nc1cccc(Cl)c1. The number of methoxy groups -OCH3 is 1. The third-order valence-electron chi connectivity index (χ3n) is 2.33. The van der Waals surface area contributed by atoms with Crippen molar-refractivity contribution >= 4 is 23.3 Å². The average molecular weight is 242 g/mol. The minimum absolute atomic E-state index is 0.0749. The van der Waals surface area contributed by atoms with E-state index in [1.807, 2.05) is 31.2 Å². The van der Waals surface area contributed by atoms with E-state index in [4.69, 9.17) is 11.6 Å². The molecule has 1 unspecified atom stereocenters. The number of ether oxygens (including phenoxy) is 1. The minimum Gasteiger partial charge on any atom is -0.469 e. The summed E-state index contributed by atoms with van der Waals surface area (Å²) in [5.41, 5.74) is 0.920. The van der Waals surface area contributed by atoms with Gasteiger partial charge in [-0.1, -0.05) is 24.6 Å². The first kappa shape index (κ1) is 12.8. The van der Waals surface area contributed by atoms with Crippen LogP contribution in [0.25, 0.3) is 0 Å². The maximum atomic E-state index is 11.1. The zero-order valence-electron chi connectivity index (χ0n) is 9.50. The Morgan fingerprint density at radius 1 is 1.56 bits per heavy atom. The Morgan fingerprint density at radius 2 is 2.31 bits per heavy atom. The van der Waals surface area contributed by atoms with Crippen LogP contribution in [0.5, 0.6) is 0 Å². The molecular formula is C12H16ClNO2. The first-order chi connectivity index (χ1) is 7.65. The quantitative estimate of drug-likeness (QED) is 0.805. The van der Waals surface area contributed by atoms with Gasteiger partial charge in [-0.05, 0) is 24.6 Å². The van der Waals surface area contributed by atoms with Crippen LogP contribution in [0, 0.1) is 0 Å². The molecular weight excluding hydrogens is 226 g/mol. The van der Waals surface area contributed by atoms with Gasteiger partial charge in [-0.15, -0.1) is 0 Å². The highest BCUT2D eigenvalue weighted by Crippen LogP contribution is 2.17. The van der Waals surface area contributed by atoms with Crippen LogP contribution in [0.4, 0.5) is 5.69 Å². The van der Waals surface area contributed by atoms with Crippen LogP contribution in [0.15, 0.2) is 24.3 Å². The predicted octanol–water partition coefficient (Wildman–Crippen LogP) is 3.09. The number of hydrogen-bond donors (Lipinski definition) is 1. The van der Waals surface area contributed by atoms with Crippen molar-refractivity contribution < 1.29 is 9.53 Å². The third kappa shape index (κ3) is 4.11. The number of carbonyl (C=O) groups is 1. The van der Waals surface area contributed by atoms with E-state index in [0.717, 1.165) is 12.1 Å². The molecule has 88 valence electrons. The van der Waals surface area contributed by atoms with Crippen molar-refractivity contribution in [3.05, 3.63) is 29.3 Å². The molecule has 1 N–H and O–H groups in total. The van der Waals surface area contributed by atoms with Crippen LogP contribution in [0.2, 0.25) is 5.02 Å². The highest BCUT2D eigenvalue weighted by molar-refractivity contribution is 6.30. The van der Waals surface area contributed by atoms with E-state index in [0.29, 0.717) is 11.4 Å². The maximum absolute atomic E-state index is 11.1. The first-order valence-electron chi connectivity index (χ1n) is 5.24. The number of carbonyl (C=O) groups excluding carboxylic acids is 1. The van der Waals surface area contributed by atoms with E-state index in [2.05, 4.69) is 10.1 Å². The van der Waals surface area contributed by atoms with Gasteiger partial charge >= 0.3 is 5.97 Å². The summed E-state index contributed by atoms with van der Waals surface area (Å²) in [6.45, 7) is 2.02. The zero-order chi connectivity index (χ0) is 12.0. The molecule has 0 radical (unpaired) electrons. The predicted molar refractivity (Wildman–Crippen MR) is 65.8 cm³/mol. The summed E-state index contributed by atoms with van der Waals surface area (Å²) in [5, 5.41) is 3.93. The number of benzene rings is 1. The van der Waals surface area contributed by atoms with Gasteiger partial charge in [0.1, 0.15) is 0 Å². The molecule has 1 rings (SSSR count). The lowest BCUT2D eigenvalue weighted by atomic mass is 10.1. The Kier molecular flexibility index (Phi) is 5.12. The van der Waals surface area contributed by atoms with Crippen LogP contribution >= 0.6 is 11.6 Å². The van der Waals surface area contributed by atoms with Crippen molar-refractivity contribution in [2.24, 2.45) is 0 Å². The van der Waals surface area contributed by atoms with Crippen LogP contribution in [-0.4, -0.2) is 19.1 Å². The highest BCUT2D eigenvalue weighted by Gasteiger charge is 2.11. The van der Waals surface area contributed by atoms with E-state index in [-0.39, 0.29) is 12.0 Å². The van der Waals surface area contributed by atoms with Gasteiger partial charge in [0.25, 0.3) is 0 Å². The van der Waals surface area contributed by atoms with Crippen LogP contribution < -0.4 is 5.32 Å². The molecule has 0 aliphatic heterocycles. The molecule has 0 aliphatic rings. The fourth-order valence-electron chi connectivity index (χ4n) is 1.40. The molecule has 16 heavy (non-hydrogen) atoms. The molecule has 0 spiro atoms. The fraction of sp³-hybridized carbons (Fsp3) is 0.417. The van der Waals surface area contributed by atoms with Crippen LogP contribution in [0.3, 0.4) is 0 Å². The lowest BCUT2D eigenvalue weighted by molar-refractivity contribution is -0.140. The van der Waals surface area contributed by atoms with Gasteiger partial charge in [-0.25, -0.2) is 0 Å². The Labute approximate surface area is 101 Å². The molecule has 0 aliphatic carbocycles. The molecule has 0 amide bonds. The molecule has 0 saturated carbocycles. The van der Waals surface area contributed by atoms with Crippen molar-refractivity contribution in [3.63, 3.8) is 0 Å². The van der Waals surface area contributed by atoms with E-state index in [9.17, 15) is 4.79 Å². The Hall–Kier alpha value is -1.22. The highest BCUT2D eigenvalue weighted by atomic mass is 35.5. The first-order valence-corrected chi connectivity index (χ1v) is 5.62. The van der Waals surface area contributed by atoms with Crippen molar-refractivity contribution in [2.45, 2.75) is 25.8 Å². The summed E-state index contributed by atoms with van der Waals surface area (Å²) in [6, 6.07) is 7.52. The summed E-state index contributed by atoms with van der Waals surface area (Å²) in [7, 11) is 1.40. The van der Waals surface area contributed by atoms with Crippen LogP contribution in [0.1, 0.15) is 19.8 Å². The summed E-state index contributed by atoms with van der Waals surface area (Å²) in [4.78, 5) is 11.1. The number of halogens is 1. The van der Waals surface area contributed by atoms with Crippen molar-refractivity contribution in [2.75, 3.05) is 12.4 Å². The minimum atomic E-state index is -0.207. The van der Waals surface area contributed by atoms with Gasteiger partial charge in [0, 0.05) is 16.8 Å². The Morgan fingerprint density at radius 3 is 2.88 bits per heavy atom. The molecule has 4 heteroatoms. The Balaban J connectivity index is 2.59. The van der Waals surface area contributed by atoms with Crippen LogP contribution in [-0.2, 0) is 9.53 Å². The van der Waals surface area contributed by atoms with Crippen molar-refractivity contribution in [1.82, 2.24) is 0 Å². The second-order valence-corrected chi connectivity index (χ2v) is 3.98. The van der Waals surface area contributed by atoms with Gasteiger partial charge in [-0.2, -0.15) is 0 Å². The van der Waals surface area contributed by atoms with Crippen molar-refractivity contribution in [1.29, 1.82) is 0 Å². The lowest BCUT2D eigenvalue weighted by Gasteiger charge is -2.17. The summed E-state index contributed by atoms with van der Waals surface area (Å²) < 4.78 is 4.64. The van der Waals surface area contributed by atoms with E-state index < -0.39 is 0 Å². The monoisotopic (exact) mass is 241 g/mol. The molecule has 1 atom stereocenters. The van der Waals surface area contributed by atoms with Gasteiger partial charge in [-0.3, -0.25) is 4.79 Å². The number of rotatable bonds is 5. The lowest BCUT2D eigenvalue weighted by Crippen LogP contribution is -2.22. The standard InChI is InChI=1S/C12H16ClNO2/c1-3-10(8-12(15)16-2)14-11-6-4-5-9(13)7-11/h4-7,10,14H,3,8H2,1-2H3. The molecule has 0 heterocycles. The second-order valence-electron chi connectivity index (χ2n) is 3.54. The second kappa shape index (κ2) is 6.38. The van der Waals surface area contributed by atoms with E-state index in [1.54, 1.807) is 0 Å². The maximum Gasteiger partial charge on any atom is 0.307 e. The Bertz CT molecular complexity index is 355. The summed E-state index contributed by atoms with van der Waals surface area (Å²) in [5.74, 6) is -0.207. The molecule has 0 saturated heterocycles. The van der Waals surface area contributed by atoms with Gasteiger partial charge < -0.3 is 10.1 Å². The van der Waals surface area contributed by atoms with Gasteiger partial charge in [0.15, 0.2) is 0 Å². The number of esters is 1. The number of nitrogens with one attached hydrogen (secondary N) is 1. The smallest absolute Gasteiger partial charge is 0.307 e. The molecule has 0 bridgehead atoms. The average Bonchev–Trinajstić information content (AvgIpc) is 2.28. The third-order valence-corrected chi connectivity index (χ3v) is 2.56.